The fraction of sp³-hybridized carbons (Fsp3) is 1.00. The molecule has 0 rings (SSSR count). The van der Waals surface area contributed by atoms with Crippen LogP contribution < -0.4 is 5.73 Å². The van der Waals surface area contributed by atoms with Gasteiger partial charge >= 0.3 is 15.5 Å². The van der Waals surface area contributed by atoms with Gasteiger partial charge in [0.15, 0.2) is 0 Å². The molecule has 0 radical (unpaired) electrons. The van der Waals surface area contributed by atoms with Gasteiger partial charge in [0, 0.05) is 18.6 Å². The highest BCUT2D eigenvalue weighted by atomic mass is 32.2. The lowest BCUT2D eigenvalue weighted by Crippen LogP contribution is -2.46. The molecule has 0 aromatic heterocycles. The van der Waals surface area contributed by atoms with E-state index in [4.69, 9.17) is 5.73 Å². The van der Waals surface area contributed by atoms with Crippen molar-refractivity contribution < 1.29 is 21.6 Å². The lowest BCUT2D eigenvalue weighted by molar-refractivity contribution is -0.0498. The number of nitrogens with zero attached hydrogens (tertiary/aromatic N) is 1. The second-order valence-corrected chi connectivity index (χ2v) is 6.73. The summed E-state index contributed by atoms with van der Waals surface area (Å²) in [6, 6.07) is -1.02. The maximum Gasteiger partial charge on any atom is 0.511 e. The summed E-state index contributed by atoms with van der Waals surface area (Å²) >= 11 is 0. The zero-order chi connectivity index (χ0) is 15.3. The first-order chi connectivity index (χ1) is 8.54. The molecule has 0 aliphatic rings. The van der Waals surface area contributed by atoms with Gasteiger partial charge in [0.1, 0.15) is 0 Å². The van der Waals surface area contributed by atoms with Gasteiger partial charge in [-0.1, -0.05) is 19.8 Å². The molecule has 0 bridgehead atoms. The first-order valence-corrected chi connectivity index (χ1v) is 7.81. The molecule has 0 aliphatic carbocycles. The second kappa shape index (κ2) is 7.44. The molecule has 4 nitrogen and oxygen atoms in total. The highest BCUT2D eigenvalue weighted by Crippen LogP contribution is 2.28. The van der Waals surface area contributed by atoms with E-state index in [1.807, 2.05) is 6.92 Å². The third kappa shape index (κ3) is 5.66. The largest absolute Gasteiger partial charge is 0.511 e. The molecule has 2 N–H and O–H groups in total. The molecule has 116 valence electrons. The lowest BCUT2D eigenvalue weighted by Gasteiger charge is -2.27. The van der Waals surface area contributed by atoms with Crippen molar-refractivity contribution in [2.24, 2.45) is 5.73 Å². The summed E-state index contributed by atoms with van der Waals surface area (Å²) in [6.07, 6.45) is 2.75. The van der Waals surface area contributed by atoms with Gasteiger partial charge in [-0.3, -0.25) is 0 Å². The smallest absolute Gasteiger partial charge is 0.328 e. The molecule has 1 atom stereocenters. The minimum atomic E-state index is -5.28. The Hall–Kier alpha value is -0.340. The van der Waals surface area contributed by atoms with E-state index in [0.717, 1.165) is 12.8 Å². The predicted molar refractivity (Wildman–Crippen MR) is 68.9 cm³/mol. The van der Waals surface area contributed by atoms with Crippen molar-refractivity contribution in [2.45, 2.75) is 64.0 Å². The van der Waals surface area contributed by atoms with Gasteiger partial charge in [-0.05, 0) is 26.7 Å². The summed E-state index contributed by atoms with van der Waals surface area (Å²) in [5.74, 6) is 0. The van der Waals surface area contributed by atoms with Crippen LogP contribution in [0.25, 0.3) is 0 Å². The normalized spacial score (nSPS) is 15.2. The average Bonchev–Trinajstić information content (AvgIpc) is 2.24. The fourth-order valence-electron chi connectivity index (χ4n) is 1.69. The minimum Gasteiger partial charge on any atom is -0.328 e. The van der Waals surface area contributed by atoms with E-state index in [2.05, 4.69) is 0 Å². The first-order valence-electron chi connectivity index (χ1n) is 6.37. The number of hydrogen-bond donors (Lipinski definition) is 1. The van der Waals surface area contributed by atoms with Crippen molar-refractivity contribution in [1.29, 1.82) is 0 Å². The summed E-state index contributed by atoms with van der Waals surface area (Å²) in [4.78, 5) is 0. The third-order valence-electron chi connectivity index (χ3n) is 2.83. The predicted octanol–water partition coefficient (Wildman–Crippen LogP) is 2.45. The van der Waals surface area contributed by atoms with E-state index >= 15 is 0 Å². The Kier molecular flexibility index (Phi) is 7.31. The molecule has 0 aliphatic heterocycles. The Morgan fingerprint density at radius 1 is 1.21 bits per heavy atom. The highest BCUT2D eigenvalue weighted by Gasteiger charge is 2.50. The Bertz CT molecular complexity index is 355. The van der Waals surface area contributed by atoms with Crippen LogP contribution in [0.4, 0.5) is 13.2 Å². The monoisotopic (exact) mass is 304 g/mol. The van der Waals surface area contributed by atoms with Crippen LogP contribution >= 0.6 is 0 Å². The van der Waals surface area contributed by atoms with Crippen LogP contribution in [0.3, 0.4) is 0 Å². The summed E-state index contributed by atoms with van der Waals surface area (Å²) in [7, 11) is -5.28. The molecular weight excluding hydrogens is 281 g/mol. The highest BCUT2D eigenvalue weighted by molar-refractivity contribution is 7.90. The van der Waals surface area contributed by atoms with Gasteiger partial charge in [0.25, 0.3) is 0 Å². The molecule has 0 fully saturated rings. The number of alkyl halides is 3. The molecule has 19 heavy (non-hydrogen) atoms. The maximum atomic E-state index is 12.5. The van der Waals surface area contributed by atoms with E-state index in [1.54, 1.807) is 0 Å². The van der Waals surface area contributed by atoms with Crippen LogP contribution in [0.1, 0.15) is 46.5 Å². The zero-order valence-corrected chi connectivity index (χ0v) is 12.4. The van der Waals surface area contributed by atoms with Crippen molar-refractivity contribution in [1.82, 2.24) is 4.31 Å². The van der Waals surface area contributed by atoms with Crippen molar-refractivity contribution in [2.75, 3.05) is 6.54 Å². The van der Waals surface area contributed by atoms with E-state index in [1.165, 1.54) is 13.8 Å². The van der Waals surface area contributed by atoms with Crippen LogP contribution in [0.15, 0.2) is 0 Å². The van der Waals surface area contributed by atoms with Crippen LogP contribution in [0.2, 0.25) is 0 Å². The van der Waals surface area contributed by atoms with Gasteiger partial charge in [-0.15, -0.1) is 0 Å². The van der Waals surface area contributed by atoms with Crippen LogP contribution in [-0.2, 0) is 10.0 Å². The summed E-state index contributed by atoms with van der Waals surface area (Å²) in [5, 5.41) is 0. The molecule has 0 spiro atoms. The van der Waals surface area contributed by atoms with Gasteiger partial charge in [-0.25, -0.2) is 8.42 Å². The lowest BCUT2D eigenvalue weighted by atomic mass is 10.1. The number of nitrogens with two attached hydrogens (primary N) is 1. The van der Waals surface area contributed by atoms with E-state index in [0.29, 0.717) is 10.7 Å². The number of unbranched alkanes of at least 4 members (excludes halogenated alkanes) is 1. The minimum absolute atomic E-state index is 0.204. The molecule has 0 aromatic carbocycles. The molecule has 0 aromatic rings. The van der Waals surface area contributed by atoms with E-state index in [9.17, 15) is 21.6 Å². The average molecular weight is 304 g/mol. The third-order valence-corrected chi connectivity index (χ3v) is 4.63. The van der Waals surface area contributed by atoms with Crippen molar-refractivity contribution in [3.63, 3.8) is 0 Å². The summed E-state index contributed by atoms with van der Waals surface area (Å²) < 4.78 is 60.8. The fourth-order valence-corrected chi connectivity index (χ4v) is 2.86. The topological polar surface area (TPSA) is 63.4 Å². The Balaban J connectivity index is 4.70. The van der Waals surface area contributed by atoms with Crippen LogP contribution in [0, 0.1) is 0 Å². The van der Waals surface area contributed by atoms with Crippen molar-refractivity contribution >= 4 is 10.0 Å². The van der Waals surface area contributed by atoms with Crippen molar-refractivity contribution in [3.8, 4) is 0 Å². The summed E-state index contributed by atoms with van der Waals surface area (Å²) in [5.41, 5.74) is 0.499. The maximum absolute atomic E-state index is 12.5. The van der Waals surface area contributed by atoms with E-state index in [-0.39, 0.29) is 19.0 Å². The Labute approximate surface area is 113 Å². The van der Waals surface area contributed by atoms with E-state index < -0.39 is 21.6 Å². The standard InChI is InChI=1S/C11H23F3N2O2S/c1-4-5-6-10(15)7-8-16(9(2)3)19(17,18)11(12,13)14/h9-10H,4-8,15H2,1-3H3/t10-/m1/s1. The second-order valence-electron chi connectivity index (χ2n) is 4.85. The van der Waals surface area contributed by atoms with Crippen LogP contribution in [-0.4, -0.2) is 36.9 Å². The van der Waals surface area contributed by atoms with Crippen molar-refractivity contribution in [3.05, 3.63) is 0 Å². The molecule has 0 saturated heterocycles. The molecule has 0 amide bonds. The molecule has 0 unspecified atom stereocenters. The SMILES string of the molecule is CCCC[C@@H](N)CCN(C(C)C)S(=O)(=O)C(F)(F)F. The van der Waals surface area contributed by atoms with Gasteiger partial charge in [0.2, 0.25) is 0 Å². The van der Waals surface area contributed by atoms with Gasteiger partial charge < -0.3 is 5.73 Å². The summed E-state index contributed by atoms with van der Waals surface area (Å²) in [6.45, 7) is 4.62. The number of sulfonamides is 1. The molecular formula is C11H23F3N2O2S. The Morgan fingerprint density at radius 2 is 1.74 bits per heavy atom. The number of hydrogen-bond acceptors (Lipinski definition) is 3. The zero-order valence-electron chi connectivity index (χ0n) is 11.6. The first kappa shape index (κ1) is 18.7. The Morgan fingerprint density at radius 3 is 2.11 bits per heavy atom. The molecule has 0 saturated carbocycles. The van der Waals surface area contributed by atoms with Gasteiger partial charge in [-0.2, -0.15) is 17.5 Å². The molecule has 0 heterocycles. The quantitative estimate of drug-likeness (QED) is 0.749. The van der Waals surface area contributed by atoms with Crippen LogP contribution in [0.5, 0.6) is 0 Å². The molecule has 8 heteroatoms. The number of halogens is 3. The van der Waals surface area contributed by atoms with Gasteiger partial charge in [0.05, 0.1) is 0 Å². The number of rotatable bonds is 8.